The van der Waals surface area contributed by atoms with Crippen molar-refractivity contribution in [2.45, 2.75) is 12.8 Å². The fourth-order valence-electron chi connectivity index (χ4n) is 1.61. The zero-order valence-corrected chi connectivity index (χ0v) is 8.51. The van der Waals surface area contributed by atoms with Gasteiger partial charge in [-0.3, -0.25) is 10.1 Å². The molecule has 16 heavy (non-hydrogen) atoms. The molecule has 1 aliphatic rings. The number of nitro groups is 1. The number of hydrogen-bond acceptors (Lipinski definition) is 5. The molecule has 0 atom stereocenters. The molecule has 0 spiro atoms. The average Bonchev–Trinajstić information content (AvgIpc) is 2.71. The number of nitrogens with zero attached hydrogens (tertiary/aromatic N) is 1. The van der Waals surface area contributed by atoms with Gasteiger partial charge in [0.05, 0.1) is 11.0 Å². The first-order chi connectivity index (χ1) is 7.72. The summed E-state index contributed by atoms with van der Waals surface area (Å²) in [6.07, 6.45) is 0.934. The van der Waals surface area contributed by atoms with Gasteiger partial charge in [-0.25, -0.2) is 0 Å². The first-order valence-corrected chi connectivity index (χ1v) is 4.90. The molecule has 1 aromatic rings. The SMILES string of the molecule is O=[N+]([O-])c1cc2c(cc1CCCO)OCO2. The van der Waals surface area contributed by atoms with Crippen molar-refractivity contribution in [3.05, 3.63) is 27.8 Å². The van der Waals surface area contributed by atoms with E-state index in [2.05, 4.69) is 0 Å². The van der Waals surface area contributed by atoms with Crippen LogP contribution in [0.5, 0.6) is 11.5 Å². The molecule has 6 nitrogen and oxygen atoms in total. The first-order valence-electron chi connectivity index (χ1n) is 4.90. The van der Waals surface area contributed by atoms with Gasteiger partial charge in [0.2, 0.25) is 6.79 Å². The molecule has 1 heterocycles. The van der Waals surface area contributed by atoms with Crippen molar-refractivity contribution in [1.29, 1.82) is 0 Å². The third-order valence-corrected chi connectivity index (χ3v) is 2.37. The van der Waals surface area contributed by atoms with Gasteiger partial charge < -0.3 is 14.6 Å². The maximum atomic E-state index is 10.8. The Morgan fingerprint density at radius 2 is 2.06 bits per heavy atom. The lowest BCUT2D eigenvalue weighted by molar-refractivity contribution is -0.385. The Hall–Kier alpha value is -1.82. The van der Waals surface area contributed by atoms with Gasteiger partial charge in [0.25, 0.3) is 5.69 Å². The minimum absolute atomic E-state index is 0.00555. The summed E-state index contributed by atoms with van der Waals surface area (Å²) >= 11 is 0. The van der Waals surface area contributed by atoms with Gasteiger partial charge in [-0.2, -0.15) is 0 Å². The number of aryl methyl sites for hydroxylation is 1. The number of aliphatic hydroxyl groups excluding tert-OH is 1. The molecule has 0 radical (unpaired) electrons. The summed E-state index contributed by atoms with van der Waals surface area (Å²) in [5.74, 6) is 0.929. The van der Waals surface area contributed by atoms with E-state index in [1.807, 2.05) is 0 Å². The molecule has 0 aromatic heterocycles. The summed E-state index contributed by atoms with van der Waals surface area (Å²) < 4.78 is 10.2. The van der Waals surface area contributed by atoms with Gasteiger partial charge in [0.1, 0.15) is 0 Å². The van der Waals surface area contributed by atoms with Gasteiger partial charge in [-0.05, 0) is 18.9 Å². The first kappa shape index (κ1) is 10.7. The summed E-state index contributed by atoms with van der Waals surface area (Å²) in [6.45, 7) is 0.0987. The van der Waals surface area contributed by atoms with Gasteiger partial charge in [0.15, 0.2) is 11.5 Å². The summed E-state index contributed by atoms with van der Waals surface area (Å²) in [7, 11) is 0. The number of ether oxygens (including phenoxy) is 2. The van der Waals surface area contributed by atoms with Crippen LogP contribution in [0.4, 0.5) is 5.69 Å². The van der Waals surface area contributed by atoms with E-state index in [9.17, 15) is 10.1 Å². The molecule has 6 heteroatoms. The number of hydrogen-bond donors (Lipinski definition) is 1. The summed E-state index contributed by atoms with van der Waals surface area (Å²) in [5, 5.41) is 19.6. The van der Waals surface area contributed by atoms with Crippen LogP contribution in [0.25, 0.3) is 0 Å². The zero-order chi connectivity index (χ0) is 11.5. The largest absolute Gasteiger partial charge is 0.454 e. The van der Waals surface area contributed by atoms with Crippen molar-refractivity contribution < 1.29 is 19.5 Å². The lowest BCUT2D eigenvalue weighted by Gasteiger charge is -2.03. The second kappa shape index (κ2) is 4.36. The molecule has 0 saturated carbocycles. The van der Waals surface area contributed by atoms with Gasteiger partial charge >= 0.3 is 0 Å². The van der Waals surface area contributed by atoms with Crippen LogP contribution in [0.2, 0.25) is 0 Å². The lowest BCUT2D eigenvalue weighted by Crippen LogP contribution is -1.97. The van der Waals surface area contributed by atoms with Crippen LogP contribution in [0.15, 0.2) is 12.1 Å². The van der Waals surface area contributed by atoms with Crippen LogP contribution in [0, 0.1) is 10.1 Å². The standard InChI is InChI=1S/C10H11NO5/c12-3-1-2-7-4-9-10(16-6-15-9)5-8(7)11(13)14/h4-5,12H,1-3,6H2. The van der Waals surface area contributed by atoms with Crippen LogP contribution < -0.4 is 9.47 Å². The molecule has 0 fully saturated rings. The molecular weight excluding hydrogens is 214 g/mol. The summed E-state index contributed by atoms with van der Waals surface area (Å²) in [6, 6.07) is 2.98. The Labute approximate surface area is 91.6 Å². The minimum Gasteiger partial charge on any atom is -0.454 e. The Morgan fingerprint density at radius 3 is 2.69 bits per heavy atom. The number of aliphatic hydroxyl groups is 1. The van der Waals surface area contributed by atoms with E-state index >= 15 is 0 Å². The van der Waals surface area contributed by atoms with Crippen molar-refractivity contribution in [3.63, 3.8) is 0 Å². The smallest absolute Gasteiger partial charge is 0.276 e. The van der Waals surface area contributed by atoms with E-state index in [4.69, 9.17) is 14.6 Å². The fraction of sp³-hybridized carbons (Fsp3) is 0.400. The van der Waals surface area contributed by atoms with Gasteiger partial charge in [-0.15, -0.1) is 0 Å². The molecule has 1 aromatic carbocycles. The van der Waals surface area contributed by atoms with Crippen molar-refractivity contribution >= 4 is 5.69 Å². The van der Waals surface area contributed by atoms with Crippen LogP contribution in [-0.4, -0.2) is 23.4 Å². The lowest BCUT2D eigenvalue weighted by atomic mass is 10.1. The van der Waals surface area contributed by atoms with Crippen LogP contribution in [0.1, 0.15) is 12.0 Å². The normalized spacial score (nSPS) is 12.8. The van der Waals surface area contributed by atoms with Crippen LogP contribution >= 0.6 is 0 Å². The highest BCUT2D eigenvalue weighted by Gasteiger charge is 2.22. The minimum atomic E-state index is -0.450. The predicted molar refractivity (Wildman–Crippen MR) is 54.6 cm³/mol. The quantitative estimate of drug-likeness (QED) is 0.616. The molecule has 1 aliphatic heterocycles. The highest BCUT2D eigenvalue weighted by Crippen LogP contribution is 2.38. The van der Waals surface area contributed by atoms with E-state index < -0.39 is 4.92 Å². The topological polar surface area (TPSA) is 81.8 Å². The molecule has 0 aliphatic carbocycles. The van der Waals surface area contributed by atoms with Gasteiger partial charge in [0, 0.05) is 12.2 Å². The molecular formula is C10H11NO5. The van der Waals surface area contributed by atoms with E-state index in [1.54, 1.807) is 6.07 Å². The molecule has 86 valence electrons. The molecule has 0 saturated heterocycles. The Kier molecular flexibility index (Phi) is 2.91. The Morgan fingerprint density at radius 1 is 1.38 bits per heavy atom. The third kappa shape index (κ3) is 1.92. The molecule has 0 bridgehead atoms. The highest BCUT2D eigenvalue weighted by molar-refractivity contribution is 5.55. The van der Waals surface area contributed by atoms with Gasteiger partial charge in [-0.1, -0.05) is 0 Å². The molecule has 1 N–H and O–H groups in total. The van der Waals surface area contributed by atoms with E-state index in [0.717, 1.165) is 0 Å². The maximum absolute atomic E-state index is 10.8. The van der Waals surface area contributed by atoms with Crippen molar-refractivity contribution in [2.75, 3.05) is 13.4 Å². The highest BCUT2D eigenvalue weighted by atomic mass is 16.7. The maximum Gasteiger partial charge on any atom is 0.276 e. The van der Waals surface area contributed by atoms with Crippen LogP contribution in [0.3, 0.4) is 0 Å². The number of fused-ring (bicyclic) bond motifs is 1. The van der Waals surface area contributed by atoms with E-state index in [0.29, 0.717) is 29.9 Å². The Bertz CT molecular complexity index is 418. The molecule has 2 rings (SSSR count). The summed E-state index contributed by atoms with van der Waals surface area (Å²) in [4.78, 5) is 10.4. The third-order valence-electron chi connectivity index (χ3n) is 2.37. The fourth-order valence-corrected chi connectivity index (χ4v) is 1.61. The van der Waals surface area contributed by atoms with Crippen molar-refractivity contribution in [2.24, 2.45) is 0 Å². The predicted octanol–water partition coefficient (Wildman–Crippen LogP) is 1.25. The number of nitro benzene ring substituents is 1. The monoisotopic (exact) mass is 225 g/mol. The van der Waals surface area contributed by atoms with Crippen LogP contribution in [-0.2, 0) is 6.42 Å². The number of rotatable bonds is 4. The number of benzene rings is 1. The molecule has 0 unspecified atom stereocenters. The Balaban J connectivity index is 2.36. The van der Waals surface area contributed by atoms with Crippen molar-refractivity contribution in [3.8, 4) is 11.5 Å². The molecule has 0 amide bonds. The van der Waals surface area contributed by atoms with E-state index in [1.165, 1.54) is 6.07 Å². The zero-order valence-electron chi connectivity index (χ0n) is 8.51. The van der Waals surface area contributed by atoms with E-state index in [-0.39, 0.29) is 19.1 Å². The summed E-state index contributed by atoms with van der Waals surface area (Å²) in [5.41, 5.74) is 0.570. The van der Waals surface area contributed by atoms with Crippen molar-refractivity contribution in [1.82, 2.24) is 0 Å². The second-order valence-electron chi connectivity index (χ2n) is 3.42. The second-order valence-corrected chi connectivity index (χ2v) is 3.42. The average molecular weight is 225 g/mol.